The first kappa shape index (κ1) is 12.0. The van der Waals surface area contributed by atoms with Crippen LogP contribution in [0.5, 0.6) is 0 Å². The first-order valence-corrected chi connectivity index (χ1v) is 6.13. The Morgan fingerprint density at radius 2 is 2.06 bits per heavy atom. The summed E-state index contributed by atoms with van der Waals surface area (Å²) in [4.78, 5) is 12.5. The summed E-state index contributed by atoms with van der Waals surface area (Å²) in [7, 11) is 0. The highest BCUT2D eigenvalue weighted by Crippen LogP contribution is 2.18. The molecule has 0 spiro atoms. The number of H-pyrrole nitrogens is 1. The fourth-order valence-electron chi connectivity index (χ4n) is 1.14. The van der Waals surface area contributed by atoms with E-state index in [1.165, 1.54) is 18.1 Å². The first-order chi connectivity index (χ1) is 8.24. The van der Waals surface area contributed by atoms with E-state index in [2.05, 4.69) is 44.3 Å². The van der Waals surface area contributed by atoms with Gasteiger partial charge >= 0.3 is 0 Å². The van der Waals surface area contributed by atoms with Crippen LogP contribution in [0.25, 0.3) is 0 Å². The molecule has 0 fully saturated rings. The zero-order chi connectivity index (χ0) is 12.1. The van der Waals surface area contributed by atoms with Crippen molar-refractivity contribution in [1.82, 2.24) is 30.5 Å². The smallest absolute Gasteiger partial charge is 0.195 e. The molecule has 0 atom stereocenters. The molecule has 0 saturated heterocycles. The molecule has 2 aromatic heterocycles. The summed E-state index contributed by atoms with van der Waals surface area (Å²) in [5.41, 5.74) is 1.07. The fraction of sp³-hybridized carbons (Fsp3) is 0.400. The normalized spacial score (nSPS) is 11.0. The summed E-state index contributed by atoms with van der Waals surface area (Å²) in [6, 6.07) is 0.457. The predicted molar refractivity (Wildman–Crippen MR) is 64.5 cm³/mol. The number of hydrogen-bond donors (Lipinski definition) is 2. The van der Waals surface area contributed by atoms with Crippen LogP contribution in [0.1, 0.15) is 19.4 Å². The molecule has 0 aliphatic heterocycles. The summed E-state index contributed by atoms with van der Waals surface area (Å²) >= 11 is 1.36. The van der Waals surface area contributed by atoms with Crippen molar-refractivity contribution in [1.29, 1.82) is 0 Å². The summed E-state index contributed by atoms with van der Waals surface area (Å²) < 4.78 is 0. The van der Waals surface area contributed by atoms with E-state index in [0.29, 0.717) is 16.4 Å². The zero-order valence-electron chi connectivity index (χ0n) is 9.71. The summed E-state index contributed by atoms with van der Waals surface area (Å²) in [6.07, 6.45) is 5.10. The van der Waals surface area contributed by atoms with E-state index in [1.807, 2.05) is 12.4 Å². The Labute approximate surface area is 104 Å². The average Bonchev–Trinajstić information content (AvgIpc) is 2.81. The quantitative estimate of drug-likeness (QED) is 0.777. The molecule has 0 saturated carbocycles. The number of aromatic nitrogens is 5. The molecule has 0 radical (unpaired) electrons. The molecular weight excluding hydrogens is 236 g/mol. The van der Waals surface area contributed by atoms with Gasteiger partial charge in [-0.2, -0.15) is 5.10 Å². The van der Waals surface area contributed by atoms with E-state index in [0.717, 1.165) is 12.1 Å². The topological polar surface area (TPSA) is 79.4 Å². The number of nitrogens with one attached hydrogen (secondary N) is 2. The molecule has 7 heteroatoms. The Kier molecular flexibility index (Phi) is 4.05. The molecule has 2 heterocycles. The van der Waals surface area contributed by atoms with E-state index in [4.69, 9.17) is 0 Å². The molecule has 0 amide bonds. The molecule has 17 heavy (non-hydrogen) atoms. The summed E-state index contributed by atoms with van der Waals surface area (Å²) in [6.45, 7) is 4.99. The molecule has 0 aliphatic rings. The van der Waals surface area contributed by atoms with Crippen LogP contribution in [-0.4, -0.2) is 31.2 Å². The Balaban J connectivity index is 1.93. The maximum atomic E-state index is 4.26. The molecule has 0 bridgehead atoms. The van der Waals surface area contributed by atoms with Gasteiger partial charge < -0.3 is 5.32 Å². The monoisotopic (exact) mass is 250 g/mol. The Bertz CT molecular complexity index is 438. The SMILES string of the molecule is CC(C)NCc1cnc(Sc2ncn[nH]2)nc1. The largest absolute Gasteiger partial charge is 0.310 e. The number of rotatable bonds is 5. The van der Waals surface area contributed by atoms with Crippen molar-refractivity contribution in [3.8, 4) is 0 Å². The standard InChI is InChI=1S/C10H14N6S/c1-7(2)11-3-8-4-12-9(13-5-8)17-10-14-6-15-16-10/h4-7,11H,3H2,1-2H3,(H,14,15,16). The van der Waals surface area contributed by atoms with E-state index in [-0.39, 0.29) is 0 Å². The van der Waals surface area contributed by atoms with Gasteiger partial charge in [0.25, 0.3) is 0 Å². The first-order valence-electron chi connectivity index (χ1n) is 5.31. The highest BCUT2D eigenvalue weighted by atomic mass is 32.2. The van der Waals surface area contributed by atoms with Gasteiger partial charge in [-0.3, -0.25) is 5.10 Å². The van der Waals surface area contributed by atoms with Crippen molar-refractivity contribution in [2.24, 2.45) is 0 Å². The van der Waals surface area contributed by atoms with E-state index in [1.54, 1.807) is 0 Å². The van der Waals surface area contributed by atoms with Gasteiger partial charge in [-0.05, 0) is 11.8 Å². The highest BCUT2D eigenvalue weighted by molar-refractivity contribution is 7.99. The van der Waals surface area contributed by atoms with E-state index >= 15 is 0 Å². The minimum absolute atomic E-state index is 0.457. The average molecular weight is 250 g/mol. The lowest BCUT2D eigenvalue weighted by atomic mass is 10.3. The van der Waals surface area contributed by atoms with Gasteiger partial charge in [-0.25, -0.2) is 15.0 Å². The van der Waals surface area contributed by atoms with Crippen LogP contribution in [0.15, 0.2) is 29.0 Å². The van der Waals surface area contributed by atoms with Crippen molar-refractivity contribution >= 4 is 11.8 Å². The van der Waals surface area contributed by atoms with Crippen LogP contribution in [0.2, 0.25) is 0 Å². The van der Waals surface area contributed by atoms with Gasteiger partial charge in [0.15, 0.2) is 10.3 Å². The second kappa shape index (κ2) is 5.74. The minimum atomic E-state index is 0.457. The van der Waals surface area contributed by atoms with E-state index in [9.17, 15) is 0 Å². The Hall–Kier alpha value is -1.47. The third-order valence-electron chi connectivity index (χ3n) is 1.98. The van der Waals surface area contributed by atoms with Gasteiger partial charge in [0.1, 0.15) is 6.33 Å². The number of aromatic amines is 1. The Morgan fingerprint density at radius 3 is 2.65 bits per heavy atom. The molecule has 2 aromatic rings. The van der Waals surface area contributed by atoms with Crippen LogP contribution in [0.4, 0.5) is 0 Å². The zero-order valence-corrected chi connectivity index (χ0v) is 10.5. The van der Waals surface area contributed by atoms with Crippen molar-refractivity contribution < 1.29 is 0 Å². The van der Waals surface area contributed by atoms with E-state index < -0.39 is 0 Å². The molecular formula is C10H14N6S. The van der Waals surface area contributed by atoms with Crippen LogP contribution >= 0.6 is 11.8 Å². The maximum Gasteiger partial charge on any atom is 0.195 e. The molecule has 0 aromatic carbocycles. The molecule has 2 rings (SSSR count). The van der Waals surface area contributed by atoms with Crippen LogP contribution in [-0.2, 0) is 6.54 Å². The van der Waals surface area contributed by atoms with Gasteiger partial charge in [0.05, 0.1) is 0 Å². The molecule has 6 nitrogen and oxygen atoms in total. The molecule has 0 unspecified atom stereocenters. The highest BCUT2D eigenvalue weighted by Gasteiger charge is 2.03. The third-order valence-corrected chi connectivity index (χ3v) is 2.76. The lowest BCUT2D eigenvalue weighted by Gasteiger charge is -2.07. The lowest BCUT2D eigenvalue weighted by Crippen LogP contribution is -2.21. The second-order valence-electron chi connectivity index (χ2n) is 3.80. The van der Waals surface area contributed by atoms with Gasteiger partial charge in [0.2, 0.25) is 0 Å². The summed E-state index contributed by atoms with van der Waals surface area (Å²) in [5, 5.41) is 11.2. The molecule has 2 N–H and O–H groups in total. The minimum Gasteiger partial charge on any atom is -0.310 e. The molecule has 0 aliphatic carbocycles. The Morgan fingerprint density at radius 1 is 1.29 bits per heavy atom. The predicted octanol–water partition coefficient (Wildman–Crippen LogP) is 1.24. The number of hydrogen-bond acceptors (Lipinski definition) is 6. The van der Waals surface area contributed by atoms with Crippen LogP contribution < -0.4 is 5.32 Å². The molecule has 90 valence electrons. The van der Waals surface area contributed by atoms with Crippen molar-refractivity contribution in [3.63, 3.8) is 0 Å². The fourth-order valence-corrected chi connectivity index (χ4v) is 1.72. The number of nitrogens with zero attached hydrogens (tertiary/aromatic N) is 4. The van der Waals surface area contributed by atoms with Gasteiger partial charge in [0, 0.05) is 30.5 Å². The summed E-state index contributed by atoms with van der Waals surface area (Å²) in [5.74, 6) is 0. The maximum absolute atomic E-state index is 4.26. The second-order valence-corrected chi connectivity index (χ2v) is 4.76. The van der Waals surface area contributed by atoms with Crippen molar-refractivity contribution in [3.05, 3.63) is 24.3 Å². The van der Waals surface area contributed by atoms with Crippen LogP contribution in [0, 0.1) is 0 Å². The van der Waals surface area contributed by atoms with Gasteiger partial charge in [-0.15, -0.1) is 0 Å². The van der Waals surface area contributed by atoms with Crippen LogP contribution in [0.3, 0.4) is 0 Å². The third kappa shape index (κ3) is 3.79. The van der Waals surface area contributed by atoms with Crippen molar-refractivity contribution in [2.75, 3.05) is 0 Å². The lowest BCUT2D eigenvalue weighted by molar-refractivity contribution is 0.585. The van der Waals surface area contributed by atoms with Crippen molar-refractivity contribution in [2.45, 2.75) is 36.7 Å². The van der Waals surface area contributed by atoms with Gasteiger partial charge in [-0.1, -0.05) is 13.8 Å².